The molecule has 0 spiro atoms. The summed E-state index contributed by atoms with van der Waals surface area (Å²) in [5, 5.41) is 10.4. The average Bonchev–Trinajstić information content (AvgIpc) is 3.12. The van der Waals surface area contributed by atoms with Gasteiger partial charge < -0.3 is 9.72 Å². The SMILES string of the molecule is COc1ccc2[nH]c(C(=O)Nc3n[nH]c(CC(C)C)n3)cc2c1. The Hall–Kier alpha value is -2.83. The van der Waals surface area contributed by atoms with Crippen molar-refractivity contribution >= 4 is 22.8 Å². The number of benzene rings is 1. The summed E-state index contributed by atoms with van der Waals surface area (Å²) < 4.78 is 5.18. The van der Waals surface area contributed by atoms with Crippen molar-refractivity contribution in [3.05, 3.63) is 35.8 Å². The number of hydrogen-bond donors (Lipinski definition) is 3. The Morgan fingerprint density at radius 3 is 2.91 bits per heavy atom. The molecule has 0 bridgehead atoms. The second kappa shape index (κ2) is 6.12. The fraction of sp³-hybridized carbons (Fsp3) is 0.312. The van der Waals surface area contributed by atoms with E-state index in [4.69, 9.17) is 4.74 Å². The van der Waals surface area contributed by atoms with Gasteiger partial charge >= 0.3 is 0 Å². The van der Waals surface area contributed by atoms with Crippen LogP contribution in [0.15, 0.2) is 24.3 Å². The van der Waals surface area contributed by atoms with E-state index in [1.54, 1.807) is 13.2 Å². The summed E-state index contributed by atoms with van der Waals surface area (Å²) in [6.45, 7) is 4.19. The number of hydrogen-bond acceptors (Lipinski definition) is 4. The van der Waals surface area contributed by atoms with Crippen LogP contribution in [0.4, 0.5) is 5.95 Å². The van der Waals surface area contributed by atoms with Crippen LogP contribution in [-0.2, 0) is 6.42 Å². The van der Waals surface area contributed by atoms with Crippen molar-refractivity contribution in [3.8, 4) is 5.75 Å². The van der Waals surface area contributed by atoms with Gasteiger partial charge in [0.05, 0.1) is 7.11 Å². The smallest absolute Gasteiger partial charge is 0.274 e. The zero-order valence-electron chi connectivity index (χ0n) is 13.3. The molecule has 3 N–H and O–H groups in total. The molecule has 2 aromatic heterocycles. The number of carbonyl (C=O) groups is 1. The van der Waals surface area contributed by atoms with E-state index in [9.17, 15) is 4.79 Å². The van der Waals surface area contributed by atoms with E-state index in [1.165, 1.54) is 0 Å². The number of anilines is 1. The van der Waals surface area contributed by atoms with Gasteiger partial charge in [-0.05, 0) is 30.2 Å². The van der Waals surface area contributed by atoms with E-state index < -0.39 is 0 Å². The van der Waals surface area contributed by atoms with Gasteiger partial charge in [-0.25, -0.2) is 0 Å². The molecule has 0 fully saturated rings. The Balaban J connectivity index is 1.76. The summed E-state index contributed by atoms with van der Waals surface area (Å²) in [4.78, 5) is 19.6. The summed E-state index contributed by atoms with van der Waals surface area (Å²) in [5.41, 5.74) is 1.31. The van der Waals surface area contributed by atoms with Crippen molar-refractivity contribution in [1.82, 2.24) is 20.2 Å². The van der Waals surface area contributed by atoms with Crippen LogP contribution in [0.2, 0.25) is 0 Å². The van der Waals surface area contributed by atoms with Crippen molar-refractivity contribution in [2.24, 2.45) is 5.92 Å². The van der Waals surface area contributed by atoms with Crippen LogP contribution in [0, 0.1) is 5.92 Å². The molecular weight excluding hydrogens is 294 g/mol. The van der Waals surface area contributed by atoms with Crippen molar-refractivity contribution in [1.29, 1.82) is 0 Å². The third-order valence-corrected chi connectivity index (χ3v) is 3.43. The molecule has 3 aromatic rings. The van der Waals surface area contributed by atoms with Gasteiger partial charge in [0.25, 0.3) is 5.91 Å². The molecule has 7 nitrogen and oxygen atoms in total. The number of nitrogens with zero attached hydrogens (tertiary/aromatic N) is 2. The van der Waals surface area contributed by atoms with Crippen molar-refractivity contribution in [2.75, 3.05) is 12.4 Å². The molecule has 3 rings (SSSR count). The zero-order valence-corrected chi connectivity index (χ0v) is 13.3. The largest absolute Gasteiger partial charge is 0.497 e. The second-order valence-corrected chi connectivity index (χ2v) is 5.79. The Morgan fingerprint density at radius 1 is 1.35 bits per heavy atom. The highest BCUT2D eigenvalue weighted by molar-refractivity contribution is 6.05. The standard InChI is InChI=1S/C16H19N5O2/c1-9(2)6-14-18-16(21-20-14)19-15(22)13-8-10-7-11(23-3)4-5-12(10)17-13/h4-5,7-9,17H,6H2,1-3H3,(H2,18,19,20,21,22). The predicted molar refractivity (Wildman–Crippen MR) is 87.7 cm³/mol. The maximum Gasteiger partial charge on any atom is 0.274 e. The van der Waals surface area contributed by atoms with Crippen LogP contribution in [0.5, 0.6) is 5.75 Å². The number of methoxy groups -OCH3 is 1. The first-order chi connectivity index (χ1) is 11.0. The van der Waals surface area contributed by atoms with Gasteiger partial charge in [-0.1, -0.05) is 13.8 Å². The van der Waals surface area contributed by atoms with Gasteiger partial charge in [0.1, 0.15) is 17.3 Å². The number of ether oxygens (including phenoxy) is 1. The van der Waals surface area contributed by atoms with E-state index in [0.29, 0.717) is 11.6 Å². The van der Waals surface area contributed by atoms with Gasteiger partial charge in [-0.3, -0.25) is 15.2 Å². The number of fused-ring (bicyclic) bond motifs is 1. The maximum atomic E-state index is 12.3. The Kier molecular flexibility index (Phi) is 4.01. The normalized spacial score (nSPS) is 11.1. The lowest BCUT2D eigenvalue weighted by molar-refractivity contribution is 0.102. The summed E-state index contributed by atoms with van der Waals surface area (Å²) >= 11 is 0. The van der Waals surface area contributed by atoms with E-state index in [-0.39, 0.29) is 11.9 Å². The lowest BCUT2D eigenvalue weighted by Gasteiger charge is -1.99. The molecule has 1 aromatic carbocycles. The third-order valence-electron chi connectivity index (χ3n) is 3.43. The maximum absolute atomic E-state index is 12.3. The molecule has 23 heavy (non-hydrogen) atoms. The van der Waals surface area contributed by atoms with Crippen LogP contribution in [0.25, 0.3) is 10.9 Å². The van der Waals surface area contributed by atoms with Crippen LogP contribution in [0.1, 0.15) is 30.2 Å². The molecule has 0 aliphatic rings. The quantitative estimate of drug-likeness (QED) is 0.675. The molecule has 0 aliphatic carbocycles. The Morgan fingerprint density at radius 2 is 2.17 bits per heavy atom. The van der Waals surface area contributed by atoms with Gasteiger partial charge in [0.15, 0.2) is 0 Å². The lowest BCUT2D eigenvalue weighted by atomic mass is 10.1. The molecule has 1 amide bonds. The number of nitrogens with one attached hydrogen (secondary N) is 3. The van der Waals surface area contributed by atoms with Gasteiger partial charge in [0, 0.05) is 17.3 Å². The lowest BCUT2D eigenvalue weighted by Crippen LogP contribution is -2.13. The molecule has 0 radical (unpaired) electrons. The highest BCUT2D eigenvalue weighted by atomic mass is 16.5. The number of aromatic amines is 2. The molecule has 7 heteroatoms. The first-order valence-electron chi connectivity index (χ1n) is 7.44. The van der Waals surface area contributed by atoms with Gasteiger partial charge in [-0.15, -0.1) is 5.10 Å². The van der Waals surface area contributed by atoms with Crippen molar-refractivity contribution in [3.63, 3.8) is 0 Å². The van der Waals surface area contributed by atoms with Crippen LogP contribution < -0.4 is 10.1 Å². The minimum atomic E-state index is -0.282. The zero-order chi connectivity index (χ0) is 16.4. The van der Waals surface area contributed by atoms with E-state index >= 15 is 0 Å². The Labute approximate surface area is 133 Å². The Bertz CT molecular complexity index is 834. The molecule has 0 saturated heterocycles. The number of aromatic nitrogens is 4. The summed E-state index contributed by atoms with van der Waals surface area (Å²) in [6.07, 6.45) is 0.787. The van der Waals surface area contributed by atoms with E-state index in [2.05, 4.69) is 39.3 Å². The van der Waals surface area contributed by atoms with Crippen LogP contribution >= 0.6 is 0 Å². The molecular formula is C16H19N5O2. The molecule has 0 atom stereocenters. The molecule has 0 saturated carbocycles. The van der Waals surface area contributed by atoms with Crippen molar-refractivity contribution in [2.45, 2.75) is 20.3 Å². The summed E-state index contributed by atoms with van der Waals surface area (Å²) in [7, 11) is 1.61. The first-order valence-corrected chi connectivity index (χ1v) is 7.44. The number of rotatable bonds is 5. The second-order valence-electron chi connectivity index (χ2n) is 5.79. The molecule has 2 heterocycles. The summed E-state index contributed by atoms with van der Waals surface area (Å²) in [5.74, 6) is 1.97. The minimum absolute atomic E-state index is 0.280. The number of amides is 1. The average molecular weight is 313 g/mol. The molecule has 120 valence electrons. The van der Waals surface area contributed by atoms with Gasteiger partial charge in [-0.2, -0.15) is 4.98 Å². The topological polar surface area (TPSA) is 95.7 Å². The number of carbonyl (C=O) groups excluding carboxylic acids is 1. The summed E-state index contributed by atoms with van der Waals surface area (Å²) in [6, 6.07) is 7.36. The van der Waals surface area contributed by atoms with Crippen molar-refractivity contribution < 1.29 is 9.53 Å². The third kappa shape index (κ3) is 3.33. The van der Waals surface area contributed by atoms with E-state index in [0.717, 1.165) is 28.9 Å². The first kappa shape index (κ1) is 15.1. The molecule has 0 aliphatic heterocycles. The van der Waals surface area contributed by atoms with Crippen LogP contribution in [0.3, 0.4) is 0 Å². The van der Waals surface area contributed by atoms with E-state index in [1.807, 2.05) is 18.2 Å². The highest BCUT2D eigenvalue weighted by Crippen LogP contribution is 2.21. The minimum Gasteiger partial charge on any atom is -0.497 e. The fourth-order valence-electron chi connectivity index (χ4n) is 2.36. The molecule has 0 unspecified atom stereocenters. The number of H-pyrrole nitrogens is 2. The van der Waals surface area contributed by atoms with Gasteiger partial charge in [0.2, 0.25) is 5.95 Å². The predicted octanol–water partition coefficient (Wildman–Crippen LogP) is 2.75. The fourth-order valence-corrected chi connectivity index (χ4v) is 2.36. The highest BCUT2D eigenvalue weighted by Gasteiger charge is 2.13. The monoisotopic (exact) mass is 313 g/mol. The van der Waals surface area contributed by atoms with Crippen LogP contribution in [-0.4, -0.2) is 33.2 Å².